The summed E-state index contributed by atoms with van der Waals surface area (Å²) in [7, 11) is 0. The summed E-state index contributed by atoms with van der Waals surface area (Å²) in [5, 5.41) is 6.93. The Balaban J connectivity index is 1.51. The number of carbonyl (C=O) groups is 1. The summed E-state index contributed by atoms with van der Waals surface area (Å²) in [6, 6.07) is 8.15. The van der Waals surface area contributed by atoms with Crippen molar-refractivity contribution in [3.8, 4) is 17.2 Å². The second kappa shape index (κ2) is 6.60. The molecule has 3 aromatic rings. The molecule has 32 heavy (non-hydrogen) atoms. The van der Waals surface area contributed by atoms with Gasteiger partial charge in [0.25, 0.3) is 5.56 Å². The molecule has 11 heteroatoms. The van der Waals surface area contributed by atoms with Gasteiger partial charge in [0.05, 0.1) is 21.1 Å². The van der Waals surface area contributed by atoms with E-state index in [1.54, 1.807) is 12.1 Å². The maximum absolute atomic E-state index is 12.6. The molecule has 4 N–H and O–H groups in total. The van der Waals surface area contributed by atoms with E-state index in [2.05, 4.69) is 29.2 Å². The quantitative estimate of drug-likeness (QED) is 0.534. The van der Waals surface area contributed by atoms with Crippen LogP contribution in [0.3, 0.4) is 0 Å². The van der Waals surface area contributed by atoms with E-state index in [0.717, 1.165) is 22.4 Å². The number of hydrogen-bond donors (Lipinski definition) is 3. The van der Waals surface area contributed by atoms with E-state index in [1.807, 2.05) is 6.07 Å². The van der Waals surface area contributed by atoms with Gasteiger partial charge in [0.2, 0.25) is 11.7 Å². The van der Waals surface area contributed by atoms with Crippen molar-refractivity contribution < 1.29 is 9.53 Å². The van der Waals surface area contributed by atoms with Crippen LogP contribution in [0.15, 0.2) is 39.9 Å². The van der Waals surface area contributed by atoms with E-state index >= 15 is 0 Å². The smallest absolute Gasteiger partial charge is 0.349 e. The Morgan fingerprint density at radius 3 is 2.41 bits per heavy atom. The van der Waals surface area contributed by atoms with Crippen molar-refractivity contribution in [2.45, 2.75) is 25.7 Å². The Morgan fingerprint density at radius 1 is 1.12 bits per heavy atom. The Bertz CT molecular complexity index is 1420. The van der Waals surface area contributed by atoms with Crippen LogP contribution in [0.4, 0.5) is 11.5 Å². The number of ether oxygens (including phenoxy) is 1. The van der Waals surface area contributed by atoms with Crippen molar-refractivity contribution in [2.75, 3.05) is 11.1 Å². The predicted octanol–water partition coefficient (Wildman–Crippen LogP) is 3.22. The summed E-state index contributed by atoms with van der Waals surface area (Å²) in [6.45, 7) is 4.11. The molecule has 2 aromatic carbocycles. The molecule has 2 heterocycles. The molecule has 2 aliphatic rings. The number of aromatic nitrogens is 3. The fourth-order valence-electron chi connectivity index (χ4n) is 4.34. The van der Waals surface area contributed by atoms with E-state index in [0.29, 0.717) is 5.75 Å². The Hall–Kier alpha value is -3.30. The van der Waals surface area contributed by atoms with Crippen molar-refractivity contribution in [1.82, 2.24) is 14.8 Å². The lowest BCUT2D eigenvalue weighted by Gasteiger charge is -2.15. The van der Waals surface area contributed by atoms with Crippen LogP contribution in [0.25, 0.3) is 5.69 Å². The van der Waals surface area contributed by atoms with Crippen LogP contribution in [0.1, 0.15) is 25.8 Å². The number of fused-ring (bicyclic) bond motifs is 2. The van der Waals surface area contributed by atoms with Crippen molar-refractivity contribution in [3.05, 3.63) is 66.8 Å². The first-order valence-corrected chi connectivity index (χ1v) is 10.4. The molecule has 1 amide bonds. The molecule has 1 aliphatic carbocycles. The SMILES string of the molecule is CC1(C)CC12C(=O)Nc1ccc(Oc3c(Cl)cc(-n4nc(N)c(=O)[nH]c4=O)cc3Cl)cc12. The van der Waals surface area contributed by atoms with Crippen molar-refractivity contribution in [2.24, 2.45) is 5.41 Å². The first kappa shape index (κ1) is 20.6. The first-order chi connectivity index (χ1) is 15.0. The molecule has 1 fully saturated rings. The number of aromatic amines is 1. The van der Waals surface area contributed by atoms with Gasteiger partial charge in [-0.1, -0.05) is 37.0 Å². The second-order valence-electron chi connectivity index (χ2n) is 8.52. The largest absolute Gasteiger partial charge is 0.454 e. The van der Waals surface area contributed by atoms with E-state index in [-0.39, 0.29) is 38.6 Å². The number of nitrogens with zero attached hydrogens (tertiary/aromatic N) is 2. The minimum Gasteiger partial charge on any atom is -0.454 e. The summed E-state index contributed by atoms with van der Waals surface area (Å²) >= 11 is 12.8. The average Bonchev–Trinajstić information content (AvgIpc) is 3.20. The lowest BCUT2D eigenvalue weighted by Crippen LogP contribution is -2.33. The fourth-order valence-corrected chi connectivity index (χ4v) is 4.89. The third-order valence-corrected chi connectivity index (χ3v) is 6.69. The van der Waals surface area contributed by atoms with E-state index in [1.165, 1.54) is 12.1 Å². The van der Waals surface area contributed by atoms with E-state index in [4.69, 9.17) is 33.7 Å². The van der Waals surface area contributed by atoms with Gasteiger partial charge in [-0.15, -0.1) is 5.10 Å². The normalized spacial score (nSPS) is 20.2. The zero-order valence-electron chi connectivity index (χ0n) is 17.0. The van der Waals surface area contributed by atoms with Gasteiger partial charge in [0.1, 0.15) is 5.75 Å². The maximum Gasteiger partial charge on any atom is 0.349 e. The number of nitrogens with two attached hydrogens (primary N) is 1. The summed E-state index contributed by atoms with van der Waals surface area (Å²) in [4.78, 5) is 38.2. The number of nitrogen functional groups attached to an aromatic ring is 1. The molecular weight excluding hydrogens is 457 g/mol. The van der Waals surface area contributed by atoms with Crippen LogP contribution < -0.4 is 27.0 Å². The summed E-state index contributed by atoms with van der Waals surface area (Å²) in [5.74, 6) is 0.245. The van der Waals surface area contributed by atoms with Gasteiger partial charge in [-0.2, -0.15) is 4.68 Å². The molecule has 0 bridgehead atoms. The number of H-pyrrole nitrogens is 1. The number of rotatable bonds is 3. The van der Waals surface area contributed by atoms with Gasteiger partial charge in [0, 0.05) is 5.69 Å². The summed E-state index contributed by atoms with van der Waals surface area (Å²) in [6.07, 6.45) is 0.753. The first-order valence-electron chi connectivity index (χ1n) is 9.66. The average molecular weight is 474 g/mol. The van der Waals surface area contributed by atoms with Crippen molar-refractivity contribution in [1.29, 1.82) is 0 Å². The molecule has 1 aliphatic heterocycles. The molecule has 0 saturated heterocycles. The van der Waals surface area contributed by atoms with Gasteiger partial charge in [-0.3, -0.25) is 14.6 Å². The number of anilines is 2. The van der Waals surface area contributed by atoms with Crippen LogP contribution in [-0.4, -0.2) is 20.7 Å². The molecule has 1 saturated carbocycles. The molecule has 1 unspecified atom stereocenters. The minimum atomic E-state index is -0.793. The van der Waals surface area contributed by atoms with Gasteiger partial charge in [-0.25, -0.2) is 4.79 Å². The van der Waals surface area contributed by atoms with Crippen LogP contribution in [0, 0.1) is 5.41 Å². The zero-order valence-corrected chi connectivity index (χ0v) is 18.5. The summed E-state index contributed by atoms with van der Waals surface area (Å²) < 4.78 is 6.84. The highest BCUT2D eigenvalue weighted by atomic mass is 35.5. The number of carbonyl (C=O) groups excluding carboxylic acids is 1. The van der Waals surface area contributed by atoms with Crippen LogP contribution >= 0.6 is 23.2 Å². The van der Waals surface area contributed by atoms with Crippen LogP contribution in [-0.2, 0) is 10.2 Å². The Morgan fingerprint density at radius 2 is 1.78 bits per heavy atom. The highest BCUT2D eigenvalue weighted by Gasteiger charge is 2.70. The van der Waals surface area contributed by atoms with Gasteiger partial charge in [0.15, 0.2) is 5.75 Å². The lowest BCUT2D eigenvalue weighted by atomic mass is 9.89. The maximum atomic E-state index is 12.6. The number of hydrogen-bond acceptors (Lipinski definition) is 6. The molecule has 5 rings (SSSR count). The molecule has 9 nitrogen and oxygen atoms in total. The monoisotopic (exact) mass is 473 g/mol. The van der Waals surface area contributed by atoms with Crippen molar-refractivity contribution >= 4 is 40.6 Å². The third kappa shape index (κ3) is 2.85. The van der Waals surface area contributed by atoms with Crippen LogP contribution in [0.2, 0.25) is 10.0 Å². The van der Waals surface area contributed by atoms with Crippen molar-refractivity contribution in [3.63, 3.8) is 0 Å². The highest BCUT2D eigenvalue weighted by Crippen LogP contribution is 2.68. The molecule has 1 aromatic heterocycles. The number of amides is 1. The molecule has 164 valence electrons. The Labute approximate surface area is 191 Å². The number of benzene rings is 2. The van der Waals surface area contributed by atoms with Crippen LogP contribution in [0.5, 0.6) is 11.5 Å². The van der Waals surface area contributed by atoms with E-state index < -0.39 is 16.7 Å². The highest BCUT2D eigenvalue weighted by molar-refractivity contribution is 6.37. The second-order valence-corrected chi connectivity index (χ2v) is 9.34. The van der Waals surface area contributed by atoms with Gasteiger partial charge in [-0.05, 0) is 47.7 Å². The fraction of sp³-hybridized carbons (Fsp3) is 0.238. The van der Waals surface area contributed by atoms with Gasteiger partial charge < -0.3 is 15.8 Å². The van der Waals surface area contributed by atoms with Gasteiger partial charge >= 0.3 is 5.69 Å². The van der Waals surface area contributed by atoms with E-state index in [9.17, 15) is 14.4 Å². The lowest BCUT2D eigenvalue weighted by molar-refractivity contribution is -0.118. The standard InChI is InChI=1S/C21H17Cl2N5O4/c1-20(2)8-21(20)11-7-10(3-4-14(11)25-18(21)30)32-15-12(22)5-9(6-13(15)23)28-19(31)26-17(29)16(24)27-28/h3-7H,8H2,1-2H3,(H2,24,27)(H,25,30)(H,26,29,31). The molecule has 0 radical (unpaired) electrons. The summed E-state index contributed by atoms with van der Waals surface area (Å²) in [5.41, 5.74) is 5.06. The molecule has 1 atom stereocenters. The molecular formula is C21H17Cl2N5O4. The number of halogens is 2. The molecule has 1 spiro atoms. The zero-order chi connectivity index (χ0) is 23.0. The predicted molar refractivity (Wildman–Crippen MR) is 120 cm³/mol. The number of nitrogens with one attached hydrogen (secondary N) is 2. The topological polar surface area (TPSA) is 132 Å². The third-order valence-electron chi connectivity index (χ3n) is 6.12. The Kier molecular flexibility index (Phi) is 4.25. The minimum absolute atomic E-state index is 0.00631.